The van der Waals surface area contributed by atoms with Crippen LogP contribution in [0.3, 0.4) is 0 Å². The molecule has 0 aliphatic heterocycles. The summed E-state index contributed by atoms with van der Waals surface area (Å²) < 4.78 is 15.3. The van der Waals surface area contributed by atoms with E-state index in [9.17, 15) is 9.18 Å². The Balaban J connectivity index is 1.69. The molecule has 0 radical (unpaired) electrons. The number of carbonyl (C=O) groups is 1. The first-order chi connectivity index (χ1) is 11.6. The number of rotatable bonds is 6. The molecule has 0 bridgehead atoms. The molecule has 0 saturated heterocycles. The van der Waals surface area contributed by atoms with Crippen LogP contribution in [0.1, 0.15) is 56.7 Å². The van der Waals surface area contributed by atoms with E-state index in [-0.39, 0.29) is 23.8 Å². The van der Waals surface area contributed by atoms with Crippen LogP contribution >= 0.6 is 0 Å². The van der Waals surface area contributed by atoms with E-state index in [1.807, 2.05) is 36.0 Å². The zero-order chi connectivity index (χ0) is 16.9. The van der Waals surface area contributed by atoms with Crippen molar-refractivity contribution in [3.05, 3.63) is 60.2 Å². The first-order valence-corrected chi connectivity index (χ1v) is 8.81. The predicted octanol–water partition coefficient (Wildman–Crippen LogP) is 4.63. The van der Waals surface area contributed by atoms with Crippen molar-refractivity contribution in [3.8, 4) is 0 Å². The Kier molecular flexibility index (Phi) is 5.34. The van der Waals surface area contributed by atoms with Gasteiger partial charge in [-0.2, -0.15) is 0 Å². The Labute approximate surface area is 142 Å². The second-order valence-corrected chi connectivity index (χ2v) is 6.82. The molecule has 2 unspecified atom stereocenters. The highest BCUT2D eigenvalue weighted by Crippen LogP contribution is 2.36. The average molecular weight is 328 g/mol. The predicted molar refractivity (Wildman–Crippen MR) is 93.0 cm³/mol. The lowest BCUT2D eigenvalue weighted by molar-refractivity contribution is -0.122. The van der Waals surface area contributed by atoms with E-state index >= 15 is 0 Å². The Morgan fingerprint density at radius 2 is 1.83 bits per heavy atom. The van der Waals surface area contributed by atoms with Crippen molar-refractivity contribution in [2.75, 3.05) is 0 Å². The van der Waals surface area contributed by atoms with Crippen LogP contribution in [0.4, 0.5) is 4.39 Å². The van der Waals surface area contributed by atoms with Crippen molar-refractivity contribution >= 4 is 5.91 Å². The molecule has 128 valence electrons. The Bertz CT molecular complexity index is 645. The van der Waals surface area contributed by atoms with Crippen molar-refractivity contribution < 1.29 is 9.18 Å². The molecule has 4 heteroatoms. The molecule has 0 spiro atoms. The van der Waals surface area contributed by atoms with Gasteiger partial charge in [-0.25, -0.2) is 4.39 Å². The van der Waals surface area contributed by atoms with Gasteiger partial charge in [-0.15, -0.1) is 0 Å². The number of hydrogen-bond acceptors (Lipinski definition) is 1. The summed E-state index contributed by atoms with van der Waals surface area (Å²) >= 11 is 0. The third kappa shape index (κ3) is 4.05. The number of halogens is 1. The van der Waals surface area contributed by atoms with Crippen molar-refractivity contribution in [2.24, 2.45) is 5.92 Å². The van der Waals surface area contributed by atoms with Gasteiger partial charge in [0.2, 0.25) is 5.91 Å². The number of nitrogens with one attached hydrogen (secondary N) is 1. The van der Waals surface area contributed by atoms with Gasteiger partial charge >= 0.3 is 0 Å². The SMILES string of the molecule is CC(CC(=O)NC(c1ccc(F)cc1)C1CCCC1)n1cccc1. The molecule has 2 atom stereocenters. The maximum Gasteiger partial charge on any atom is 0.222 e. The minimum atomic E-state index is -0.239. The standard InChI is InChI=1S/C20H25FN2O/c1-15(23-12-4-5-13-23)14-19(24)22-20(16-6-2-3-7-16)17-8-10-18(21)11-9-17/h4-5,8-13,15-16,20H,2-3,6-7,14H2,1H3,(H,22,24). The maximum absolute atomic E-state index is 13.2. The second-order valence-electron chi connectivity index (χ2n) is 6.82. The van der Waals surface area contributed by atoms with Gasteiger partial charge in [-0.1, -0.05) is 25.0 Å². The van der Waals surface area contributed by atoms with E-state index in [1.165, 1.54) is 25.0 Å². The van der Waals surface area contributed by atoms with E-state index in [1.54, 1.807) is 12.1 Å². The van der Waals surface area contributed by atoms with Crippen LogP contribution in [0.25, 0.3) is 0 Å². The van der Waals surface area contributed by atoms with Gasteiger partial charge in [-0.05, 0) is 55.5 Å². The molecule has 1 aliphatic rings. The molecule has 2 aromatic rings. The van der Waals surface area contributed by atoms with Crippen molar-refractivity contribution in [2.45, 2.75) is 51.1 Å². The fourth-order valence-corrected chi connectivity index (χ4v) is 3.68. The number of aromatic nitrogens is 1. The van der Waals surface area contributed by atoms with E-state index in [4.69, 9.17) is 0 Å². The summed E-state index contributed by atoms with van der Waals surface area (Å²) in [7, 11) is 0. The molecule has 1 aromatic heterocycles. The van der Waals surface area contributed by atoms with Crippen LogP contribution in [0.2, 0.25) is 0 Å². The lowest BCUT2D eigenvalue weighted by atomic mass is 9.91. The van der Waals surface area contributed by atoms with Gasteiger partial charge in [-0.3, -0.25) is 4.79 Å². The van der Waals surface area contributed by atoms with Crippen molar-refractivity contribution in [1.29, 1.82) is 0 Å². The quantitative estimate of drug-likeness (QED) is 0.824. The number of hydrogen-bond donors (Lipinski definition) is 1. The molecule has 1 N–H and O–H groups in total. The van der Waals surface area contributed by atoms with Crippen LogP contribution in [0.15, 0.2) is 48.8 Å². The highest BCUT2D eigenvalue weighted by Gasteiger charge is 2.28. The van der Waals surface area contributed by atoms with Crippen LogP contribution in [0.5, 0.6) is 0 Å². The highest BCUT2D eigenvalue weighted by atomic mass is 19.1. The topological polar surface area (TPSA) is 34.0 Å². The summed E-state index contributed by atoms with van der Waals surface area (Å²) in [4.78, 5) is 12.6. The summed E-state index contributed by atoms with van der Waals surface area (Å²) in [5.74, 6) is 0.259. The van der Waals surface area contributed by atoms with Gasteiger partial charge in [0.05, 0.1) is 6.04 Å². The normalized spacial score (nSPS) is 17.6. The first kappa shape index (κ1) is 16.7. The Morgan fingerprint density at radius 1 is 1.21 bits per heavy atom. The molecule has 1 heterocycles. The Morgan fingerprint density at radius 3 is 2.46 bits per heavy atom. The van der Waals surface area contributed by atoms with Crippen LogP contribution in [0, 0.1) is 11.7 Å². The lowest BCUT2D eigenvalue weighted by Crippen LogP contribution is -2.33. The number of nitrogens with zero attached hydrogens (tertiary/aromatic N) is 1. The molecule has 1 aliphatic carbocycles. The Hall–Kier alpha value is -2.10. The molecule has 1 aromatic carbocycles. The zero-order valence-corrected chi connectivity index (χ0v) is 14.1. The van der Waals surface area contributed by atoms with E-state index in [0.29, 0.717) is 12.3 Å². The molecule has 1 amide bonds. The van der Waals surface area contributed by atoms with Gasteiger partial charge in [0, 0.05) is 24.9 Å². The fraction of sp³-hybridized carbons (Fsp3) is 0.450. The van der Waals surface area contributed by atoms with E-state index < -0.39 is 0 Å². The molecule has 1 saturated carbocycles. The number of amides is 1. The largest absolute Gasteiger partial charge is 0.351 e. The third-order valence-electron chi connectivity index (χ3n) is 5.03. The molecule has 3 nitrogen and oxygen atoms in total. The van der Waals surface area contributed by atoms with Gasteiger partial charge < -0.3 is 9.88 Å². The molecular formula is C20H25FN2O. The summed E-state index contributed by atoms with van der Waals surface area (Å²) in [6.45, 7) is 2.04. The summed E-state index contributed by atoms with van der Waals surface area (Å²) in [6, 6.07) is 10.6. The highest BCUT2D eigenvalue weighted by molar-refractivity contribution is 5.77. The molecule has 24 heavy (non-hydrogen) atoms. The number of benzene rings is 1. The van der Waals surface area contributed by atoms with Crippen LogP contribution in [-0.4, -0.2) is 10.5 Å². The smallest absolute Gasteiger partial charge is 0.222 e. The first-order valence-electron chi connectivity index (χ1n) is 8.81. The molecular weight excluding hydrogens is 303 g/mol. The minimum Gasteiger partial charge on any atom is -0.351 e. The van der Waals surface area contributed by atoms with Gasteiger partial charge in [0.25, 0.3) is 0 Å². The van der Waals surface area contributed by atoms with Crippen LogP contribution in [-0.2, 0) is 4.79 Å². The maximum atomic E-state index is 13.2. The average Bonchev–Trinajstić information content (AvgIpc) is 3.27. The monoisotopic (exact) mass is 328 g/mol. The lowest BCUT2D eigenvalue weighted by Gasteiger charge is -2.26. The minimum absolute atomic E-state index is 0.0162. The second kappa shape index (κ2) is 7.65. The zero-order valence-electron chi connectivity index (χ0n) is 14.1. The van der Waals surface area contributed by atoms with Crippen molar-refractivity contribution in [3.63, 3.8) is 0 Å². The van der Waals surface area contributed by atoms with Gasteiger partial charge in [0.1, 0.15) is 5.82 Å². The summed E-state index contributed by atoms with van der Waals surface area (Å²) in [5, 5.41) is 3.21. The van der Waals surface area contributed by atoms with Crippen LogP contribution < -0.4 is 5.32 Å². The fourth-order valence-electron chi connectivity index (χ4n) is 3.68. The van der Waals surface area contributed by atoms with Gasteiger partial charge in [0.15, 0.2) is 0 Å². The van der Waals surface area contributed by atoms with E-state index in [0.717, 1.165) is 18.4 Å². The summed E-state index contributed by atoms with van der Waals surface area (Å²) in [6.07, 6.45) is 9.05. The molecule has 3 rings (SSSR count). The molecule has 1 fully saturated rings. The third-order valence-corrected chi connectivity index (χ3v) is 5.03. The summed E-state index contributed by atoms with van der Waals surface area (Å²) in [5.41, 5.74) is 1.00. The number of carbonyl (C=O) groups excluding carboxylic acids is 1. The van der Waals surface area contributed by atoms with Crippen molar-refractivity contribution in [1.82, 2.24) is 9.88 Å². The van der Waals surface area contributed by atoms with E-state index in [2.05, 4.69) is 5.32 Å².